The van der Waals surface area contributed by atoms with Crippen LogP contribution < -0.4 is 5.73 Å². The number of nitrogens with two attached hydrogens (primary N) is 1. The molecule has 1 atom stereocenters. The lowest BCUT2D eigenvalue weighted by Crippen LogP contribution is -2.27. The standard InChI is InChI=1S/C16H13BrN2O2/c17-10-6-4-9(5-7-10)14-11(8-18)16(19)21-13-3-1-2-12(20)15(13)14/h4-7,14H,1-3,19H2/t14-/m1/s1. The highest BCUT2D eigenvalue weighted by Crippen LogP contribution is 2.43. The van der Waals surface area contributed by atoms with Crippen LogP contribution in [0.25, 0.3) is 0 Å². The van der Waals surface area contributed by atoms with Gasteiger partial charge in [-0.1, -0.05) is 28.1 Å². The van der Waals surface area contributed by atoms with Crippen LogP contribution in [0.15, 0.2) is 51.5 Å². The molecule has 1 aromatic rings. The summed E-state index contributed by atoms with van der Waals surface area (Å²) in [4.78, 5) is 12.3. The Kier molecular flexibility index (Phi) is 3.56. The zero-order chi connectivity index (χ0) is 15.0. The van der Waals surface area contributed by atoms with E-state index in [2.05, 4.69) is 22.0 Å². The molecule has 106 valence electrons. The molecular weight excluding hydrogens is 332 g/mol. The van der Waals surface area contributed by atoms with E-state index in [0.717, 1.165) is 16.5 Å². The molecular formula is C16H13BrN2O2. The van der Waals surface area contributed by atoms with E-state index in [9.17, 15) is 10.1 Å². The van der Waals surface area contributed by atoms with Crippen LogP contribution in [0.1, 0.15) is 30.7 Å². The third kappa shape index (κ3) is 2.36. The van der Waals surface area contributed by atoms with Crippen LogP contribution in [0.2, 0.25) is 0 Å². The number of rotatable bonds is 1. The van der Waals surface area contributed by atoms with Crippen LogP contribution in [0.5, 0.6) is 0 Å². The Balaban J connectivity index is 2.17. The number of allylic oxidation sites excluding steroid dienone is 3. The molecule has 21 heavy (non-hydrogen) atoms. The molecule has 0 saturated heterocycles. The van der Waals surface area contributed by atoms with Crippen molar-refractivity contribution < 1.29 is 9.53 Å². The summed E-state index contributed by atoms with van der Waals surface area (Å²) in [5.74, 6) is 0.360. The Morgan fingerprint density at radius 1 is 1.29 bits per heavy atom. The highest BCUT2D eigenvalue weighted by Gasteiger charge is 2.37. The van der Waals surface area contributed by atoms with E-state index in [1.54, 1.807) is 0 Å². The van der Waals surface area contributed by atoms with Gasteiger partial charge in [-0.3, -0.25) is 4.79 Å². The molecule has 2 aliphatic rings. The number of benzene rings is 1. The van der Waals surface area contributed by atoms with E-state index in [1.165, 1.54) is 0 Å². The van der Waals surface area contributed by atoms with Crippen molar-refractivity contribution >= 4 is 21.7 Å². The predicted molar refractivity (Wildman–Crippen MR) is 80.7 cm³/mol. The van der Waals surface area contributed by atoms with E-state index in [4.69, 9.17) is 10.5 Å². The Labute approximate surface area is 131 Å². The SMILES string of the molecule is N#CC1=C(N)OC2=C(C(=O)CCC2)[C@@H]1c1ccc(Br)cc1. The smallest absolute Gasteiger partial charge is 0.205 e. The molecule has 2 N–H and O–H groups in total. The van der Waals surface area contributed by atoms with Gasteiger partial charge in [0.05, 0.1) is 5.92 Å². The first-order valence-electron chi connectivity index (χ1n) is 6.71. The van der Waals surface area contributed by atoms with Gasteiger partial charge < -0.3 is 10.5 Å². The van der Waals surface area contributed by atoms with Crippen LogP contribution in [-0.4, -0.2) is 5.78 Å². The van der Waals surface area contributed by atoms with Crippen molar-refractivity contribution in [2.45, 2.75) is 25.2 Å². The molecule has 0 spiro atoms. The van der Waals surface area contributed by atoms with Gasteiger partial charge in [0.1, 0.15) is 17.4 Å². The Morgan fingerprint density at radius 3 is 2.67 bits per heavy atom. The predicted octanol–water partition coefficient (Wildman–Crippen LogP) is 3.26. The molecule has 1 aliphatic carbocycles. The zero-order valence-electron chi connectivity index (χ0n) is 11.2. The molecule has 0 bridgehead atoms. The number of halogens is 1. The molecule has 1 aromatic carbocycles. The summed E-state index contributed by atoms with van der Waals surface area (Å²) < 4.78 is 6.47. The minimum absolute atomic E-state index is 0.0458. The van der Waals surface area contributed by atoms with Crippen molar-refractivity contribution in [2.75, 3.05) is 0 Å². The van der Waals surface area contributed by atoms with Gasteiger partial charge in [0.15, 0.2) is 5.78 Å². The van der Waals surface area contributed by atoms with Gasteiger partial charge in [0.25, 0.3) is 0 Å². The molecule has 0 saturated carbocycles. The molecule has 0 fully saturated rings. The minimum Gasteiger partial charge on any atom is -0.444 e. The van der Waals surface area contributed by atoms with Gasteiger partial charge in [0, 0.05) is 22.9 Å². The normalized spacial score (nSPS) is 21.7. The quantitative estimate of drug-likeness (QED) is 0.848. The minimum atomic E-state index is -0.417. The van der Waals surface area contributed by atoms with Gasteiger partial charge >= 0.3 is 0 Å². The van der Waals surface area contributed by atoms with Crippen LogP contribution in [0.4, 0.5) is 0 Å². The molecule has 0 radical (unpaired) electrons. The summed E-state index contributed by atoms with van der Waals surface area (Å²) >= 11 is 3.39. The second kappa shape index (κ2) is 5.38. The molecule has 0 unspecified atom stereocenters. The summed E-state index contributed by atoms with van der Waals surface area (Å²) in [5.41, 5.74) is 7.66. The number of carbonyl (C=O) groups is 1. The van der Waals surface area contributed by atoms with Gasteiger partial charge in [-0.2, -0.15) is 5.26 Å². The van der Waals surface area contributed by atoms with Crippen molar-refractivity contribution in [3.63, 3.8) is 0 Å². The number of ether oxygens (including phenoxy) is 1. The monoisotopic (exact) mass is 344 g/mol. The van der Waals surface area contributed by atoms with Crippen LogP contribution in [0, 0.1) is 11.3 Å². The first-order valence-corrected chi connectivity index (χ1v) is 7.50. The van der Waals surface area contributed by atoms with E-state index in [-0.39, 0.29) is 11.7 Å². The average Bonchev–Trinajstić information content (AvgIpc) is 2.47. The number of ketones is 1. The van der Waals surface area contributed by atoms with E-state index < -0.39 is 5.92 Å². The van der Waals surface area contributed by atoms with Crippen molar-refractivity contribution in [3.05, 3.63) is 57.1 Å². The van der Waals surface area contributed by atoms with Gasteiger partial charge in [0.2, 0.25) is 5.88 Å². The van der Waals surface area contributed by atoms with Crippen molar-refractivity contribution in [1.82, 2.24) is 0 Å². The first-order chi connectivity index (χ1) is 10.1. The summed E-state index contributed by atoms with van der Waals surface area (Å²) in [6.45, 7) is 0. The molecule has 0 amide bonds. The third-order valence-electron chi connectivity index (χ3n) is 3.81. The average molecular weight is 345 g/mol. The number of Topliss-reactive ketones (excluding diaryl/α,β-unsaturated/α-hetero) is 1. The number of carbonyl (C=O) groups excluding carboxylic acids is 1. The number of hydrogen-bond donors (Lipinski definition) is 1. The second-order valence-corrected chi connectivity index (χ2v) is 6.01. The lowest BCUT2D eigenvalue weighted by Gasteiger charge is -2.30. The molecule has 0 aromatic heterocycles. The Morgan fingerprint density at radius 2 is 2.00 bits per heavy atom. The summed E-state index contributed by atoms with van der Waals surface area (Å²) in [7, 11) is 0. The van der Waals surface area contributed by atoms with E-state index in [0.29, 0.717) is 29.7 Å². The topological polar surface area (TPSA) is 76.1 Å². The van der Waals surface area contributed by atoms with Gasteiger partial charge in [-0.25, -0.2) is 0 Å². The maximum absolute atomic E-state index is 12.3. The zero-order valence-corrected chi connectivity index (χ0v) is 12.8. The Bertz CT molecular complexity index is 711. The first kappa shape index (κ1) is 13.9. The van der Waals surface area contributed by atoms with Crippen LogP contribution in [0.3, 0.4) is 0 Å². The number of nitrogens with zero attached hydrogens (tertiary/aromatic N) is 1. The Hall–Kier alpha value is -2.06. The van der Waals surface area contributed by atoms with Crippen molar-refractivity contribution in [2.24, 2.45) is 5.73 Å². The maximum Gasteiger partial charge on any atom is 0.205 e. The highest BCUT2D eigenvalue weighted by molar-refractivity contribution is 9.10. The van der Waals surface area contributed by atoms with Crippen LogP contribution in [-0.2, 0) is 9.53 Å². The fraction of sp³-hybridized carbons (Fsp3) is 0.250. The molecule has 4 nitrogen and oxygen atoms in total. The lowest BCUT2D eigenvalue weighted by molar-refractivity contribution is -0.116. The van der Waals surface area contributed by atoms with Gasteiger partial charge in [-0.05, 0) is 24.1 Å². The number of hydrogen-bond acceptors (Lipinski definition) is 4. The van der Waals surface area contributed by atoms with Crippen molar-refractivity contribution in [1.29, 1.82) is 5.26 Å². The largest absolute Gasteiger partial charge is 0.444 e. The maximum atomic E-state index is 12.3. The fourth-order valence-corrected chi connectivity index (χ4v) is 3.11. The van der Waals surface area contributed by atoms with Gasteiger partial charge in [-0.15, -0.1) is 0 Å². The van der Waals surface area contributed by atoms with E-state index >= 15 is 0 Å². The molecule has 1 aliphatic heterocycles. The number of nitriles is 1. The van der Waals surface area contributed by atoms with Crippen molar-refractivity contribution in [3.8, 4) is 6.07 Å². The van der Waals surface area contributed by atoms with E-state index in [1.807, 2.05) is 24.3 Å². The fourth-order valence-electron chi connectivity index (χ4n) is 2.84. The summed E-state index contributed by atoms with van der Waals surface area (Å²) in [6, 6.07) is 9.69. The highest BCUT2D eigenvalue weighted by atomic mass is 79.9. The third-order valence-corrected chi connectivity index (χ3v) is 4.34. The molecule has 5 heteroatoms. The molecule has 1 heterocycles. The second-order valence-electron chi connectivity index (χ2n) is 5.09. The van der Waals surface area contributed by atoms with Crippen LogP contribution >= 0.6 is 15.9 Å². The summed E-state index contributed by atoms with van der Waals surface area (Å²) in [5, 5.41) is 9.41. The lowest BCUT2D eigenvalue weighted by atomic mass is 9.78. The summed E-state index contributed by atoms with van der Waals surface area (Å²) in [6.07, 6.45) is 1.95. The molecule has 3 rings (SSSR count).